The van der Waals surface area contributed by atoms with E-state index in [1.165, 1.54) is 0 Å². The predicted octanol–water partition coefficient (Wildman–Crippen LogP) is 2.24. The summed E-state index contributed by atoms with van der Waals surface area (Å²) in [5, 5.41) is 12.8. The lowest BCUT2D eigenvalue weighted by molar-refractivity contribution is 0.142. The van der Waals surface area contributed by atoms with E-state index in [0.29, 0.717) is 19.1 Å². The molecule has 19 heavy (non-hydrogen) atoms. The molecule has 0 aliphatic heterocycles. The Bertz CT molecular complexity index is 417. The second-order valence-electron chi connectivity index (χ2n) is 5.34. The normalized spacial score (nSPS) is 18.1. The van der Waals surface area contributed by atoms with Crippen molar-refractivity contribution in [2.45, 2.75) is 37.8 Å². The van der Waals surface area contributed by atoms with E-state index in [9.17, 15) is 13.9 Å². The molecule has 0 amide bonds. The zero-order chi connectivity index (χ0) is 13.9. The Morgan fingerprint density at radius 3 is 2.47 bits per heavy atom. The summed E-state index contributed by atoms with van der Waals surface area (Å²) in [5.74, 6) is -1.14. The average Bonchev–Trinajstić information content (AvgIpc) is 3.11. The topological polar surface area (TPSA) is 41.5 Å². The molecule has 1 atom stereocenters. The highest BCUT2D eigenvalue weighted by Crippen LogP contribution is 2.24. The van der Waals surface area contributed by atoms with Gasteiger partial charge in [0.25, 0.3) is 0 Å². The van der Waals surface area contributed by atoms with Gasteiger partial charge in [0.15, 0.2) is 0 Å². The Morgan fingerprint density at radius 1 is 1.32 bits per heavy atom. The van der Waals surface area contributed by atoms with E-state index in [1.54, 1.807) is 0 Å². The van der Waals surface area contributed by atoms with Crippen LogP contribution in [0.1, 0.15) is 26.2 Å². The van der Waals surface area contributed by atoms with Gasteiger partial charge in [-0.1, -0.05) is 0 Å². The predicted molar refractivity (Wildman–Crippen MR) is 68.1 cm³/mol. The first-order chi connectivity index (χ1) is 9.00. The first kappa shape index (κ1) is 14.2. The fraction of sp³-hybridized carbons (Fsp3) is 0.571. The van der Waals surface area contributed by atoms with Gasteiger partial charge in [0.2, 0.25) is 0 Å². The molecule has 1 aromatic carbocycles. The van der Waals surface area contributed by atoms with Gasteiger partial charge in [-0.25, -0.2) is 8.78 Å². The number of rotatable bonds is 7. The molecule has 1 aliphatic rings. The molecule has 1 aliphatic carbocycles. The minimum atomic E-state index is -0.656. The van der Waals surface area contributed by atoms with E-state index in [2.05, 4.69) is 5.32 Å². The highest BCUT2D eigenvalue weighted by molar-refractivity contribution is 5.23. The molecule has 2 rings (SSSR count). The van der Waals surface area contributed by atoms with Gasteiger partial charge in [-0.15, -0.1) is 0 Å². The molecule has 2 N–H and O–H groups in total. The van der Waals surface area contributed by atoms with Crippen molar-refractivity contribution >= 4 is 0 Å². The van der Waals surface area contributed by atoms with E-state index < -0.39 is 17.2 Å². The molecule has 3 nitrogen and oxygen atoms in total. The number of hydrogen-bond acceptors (Lipinski definition) is 3. The maximum Gasteiger partial charge on any atom is 0.129 e. The van der Waals surface area contributed by atoms with Crippen LogP contribution in [0.3, 0.4) is 0 Å². The van der Waals surface area contributed by atoms with Crippen LogP contribution in [0.4, 0.5) is 8.78 Å². The summed E-state index contributed by atoms with van der Waals surface area (Å²) >= 11 is 0. The lowest BCUT2D eigenvalue weighted by Gasteiger charge is -2.29. The fourth-order valence-corrected chi connectivity index (χ4v) is 1.92. The van der Waals surface area contributed by atoms with Crippen LogP contribution in [0.5, 0.6) is 5.75 Å². The van der Waals surface area contributed by atoms with Crippen molar-refractivity contribution in [3.8, 4) is 5.75 Å². The molecule has 0 saturated heterocycles. The Hall–Kier alpha value is -1.20. The Kier molecular flexibility index (Phi) is 4.37. The van der Waals surface area contributed by atoms with Crippen LogP contribution in [0.15, 0.2) is 18.2 Å². The number of aliphatic hydroxyl groups is 1. The molecule has 0 aromatic heterocycles. The molecule has 1 saturated carbocycles. The lowest BCUT2D eigenvalue weighted by atomic mass is 9.99. The van der Waals surface area contributed by atoms with E-state index >= 15 is 0 Å². The van der Waals surface area contributed by atoms with Gasteiger partial charge in [0.1, 0.15) is 17.4 Å². The minimum Gasteiger partial charge on any atom is -0.493 e. The quantitative estimate of drug-likeness (QED) is 0.799. The Balaban J connectivity index is 1.83. The fourth-order valence-electron chi connectivity index (χ4n) is 1.92. The third kappa shape index (κ3) is 4.44. The zero-order valence-electron chi connectivity index (χ0n) is 11.0. The molecule has 0 heterocycles. The zero-order valence-corrected chi connectivity index (χ0v) is 11.0. The molecule has 1 fully saturated rings. The van der Waals surface area contributed by atoms with Crippen molar-refractivity contribution in [1.82, 2.24) is 5.32 Å². The summed E-state index contributed by atoms with van der Waals surface area (Å²) in [6.07, 6.45) is 2.83. The molecule has 5 heteroatoms. The van der Waals surface area contributed by atoms with Crippen LogP contribution in [0.25, 0.3) is 0 Å². The molecular formula is C14H19F2NO2. The first-order valence-electron chi connectivity index (χ1n) is 6.48. The maximum absolute atomic E-state index is 13.0. The lowest BCUT2D eigenvalue weighted by Crippen LogP contribution is -2.48. The van der Waals surface area contributed by atoms with Crippen molar-refractivity contribution in [2.24, 2.45) is 0 Å². The SMILES string of the molecule is CC(CO)(CCOc1cc(F)cc(F)c1)NC1CC1. The van der Waals surface area contributed by atoms with Crippen LogP contribution >= 0.6 is 0 Å². The number of hydrogen-bond donors (Lipinski definition) is 2. The van der Waals surface area contributed by atoms with Crippen molar-refractivity contribution in [1.29, 1.82) is 0 Å². The largest absolute Gasteiger partial charge is 0.493 e. The van der Waals surface area contributed by atoms with Crippen LogP contribution in [-0.2, 0) is 0 Å². The summed E-state index contributed by atoms with van der Waals surface area (Å²) in [7, 11) is 0. The molecule has 0 bridgehead atoms. The smallest absolute Gasteiger partial charge is 0.129 e. The van der Waals surface area contributed by atoms with Crippen molar-refractivity contribution in [2.75, 3.05) is 13.2 Å². The molecule has 1 aromatic rings. The van der Waals surface area contributed by atoms with Crippen LogP contribution < -0.4 is 10.1 Å². The summed E-state index contributed by atoms with van der Waals surface area (Å²) in [6.45, 7) is 2.21. The molecule has 1 unspecified atom stereocenters. The maximum atomic E-state index is 13.0. The monoisotopic (exact) mass is 271 g/mol. The number of ether oxygens (including phenoxy) is 1. The highest BCUT2D eigenvalue weighted by atomic mass is 19.1. The van der Waals surface area contributed by atoms with Crippen LogP contribution in [0, 0.1) is 11.6 Å². The molecular weight excluding hydrogens is 252 g/mol. The van der Waals surface area contributed by atoms with Gasteiger partial charge in [0, 0.05) is 36.2 Å². The van der Waals surface area contributed by atoms with Crippen molar-refractivity contribution in [3.05, 3.63) is 29.8 Å². The average molecular weight is 271 g/mol. The Morgan fingerprint density at radius 2 is 1.95 bits per heavy atom. The molecule has 106 valence electrons. The van der Waals surface area contributed by atoms with Crippen LogP contribution in [0.2, 0.25) is 0 Å². The minimum absolute atomic E-state index is 0.00434. The number of nitrogens with one attached hydrogen (secondary N) is 1. The number of benzene rings is 1. The third-order valence-electron chi connectivity index (χ3n) is 3.24. The second-order valence-corrected chi connectivity index (χ2v) is 5.34. The summed E-state index contributed by atoms with van der Waals surface area (Å²) < 4.78 is 31.3. The van der Waals surface area contributed by atoms with Gasteiger partial charge in [-0.05, 0) is 19.8 Å². The van der Waals surface area contributed by atoms with Crippen molar-refractivity contribution in [3.63, 3.8) is 0 Å². The summed E-state index contributed by atoms with van der Waals surface area (Å²) in [6, 6.07) is 3.57. The number of aliphatic hydroxyl groups excluding tert-OH is 1. The first-order valence-corrected chi connectivity index (χ1v) is 6.48. The molecule has 0 radical (unpaired) electrons. The third-order valence-corrected chi connectivity index (χ3v) is 3.24. The van der Waals surface area contributed by atoms with Gasteiger partial charge in [0.05, 0.1) is 13.2 Å². The van der Waals surface area contributed by atoms with E-state index in [0.717, 1.165) is 31.0 Å². The van der Waals surface area contributed by atoms with E-state index in [-0.39, 0.29) is 12.4 Å². The second kappa shape index (κ2) is 5.84. The van der Waals surface area contributed by atoms with E-state index in [4.69, 9.17) is 4.74 Å². The van der Waals surface area contributed by atoms with Gasteiger partial charge in [-0.3, -0.25) is 0 Å². The molecule has 0 spiro atoms. The highest BCUT2D eigenvalue weighted by Gasteiger charge is 2.31. The van der Waals surface area contributed by atoms with Gasteiger partial charge in [-0.2, -0.15) is 0 Å². The summed E-state index contributed by atoms with van der Waals surface area (Å²) in [4.78, 5) is 0. The van der Waals surface area contributed by atoms with Gasteiger partial charge >= 0.3 is 0 Å². The number of halogens is 2. The van der Waals surface area contributed by atoms with Crippen molar-refractivity contribution < 1.29 is 18.6 Å². The van der Waals surface area contributed by atoms with Crippen LogP contribution in [-0.4, -0.2) is 29.9 Å². The Labute approximate surface area is 111 Å². The standard InChI is InChI=1S/C14H19F2NO2/c1-14(9-18,17-12-2-3-12)4-5-19-13-7-10(15)6-11(16)8-13/h6-8,12,17-18H,2-5,9H2,1H3. The van der Waals surface area contributed by atoms with Gasteiger partial charge < -0.3 is 15.2 Å². The van der Waals surface area contributed by atoms with E-state index in [1.807, 2.05) is 6.92 Å². The summed E-state index contributed by atoms with van der Waals surface area (Å²) in [5.41, 5.74) is -0.410.